The van der Waals surface area contributed by atoms with E-state index in [1.54, 1.807) is 0 Å². The zero-order valence-electron chi connectivity index (χ0n) is 27.7. The molecule has 0 radical (unpaired) electrons. The zero-order chi connectivity index (χ0) is 33.3. The summed E-state index contributed by atoms with van der Waals surface area (Å²) in [4.78, 5) is 2.35. The lowest BCUT2D eigenvalue weighted by Crippen LogP contribution is -2.28. The Kier molecular flexibility index (Phi) is 7.44. The van der Waals surface area contributed by atoms with Crippen LogP contribution >= 0.6 is 0 Å². The molecule has 0 spiro atoms. The fourth-order valence-electron chi connectivity index (χ4n) is 7.89. The van der Waals surface area contributed by atoms with Crippen LogP contribution in [0.1, 0.15) is 22.3 Å². The summed E-state index contributed by atoms with van der Waals surface area (Å²) in [6, 6.07) is 77.0. The Morgan fingerprint density at radius 3 is 1.12 bits per heavy atom. The van der Waals surface area contributed by atoms with Crippen LogP contribution in [0.25, 0.3) is 33.4 Å². The Labute approximate surface area is 294 Å². The van der Waals surface area contributed by atoms with E-state index < -0.39 is 5.41 Å². The minimum Gasteiger partial charge on any atom is -0.311 e. The third-order valence-corrected chi connectivity index (χ3v) is 10.2. The summed E-state index contributed by atoms with van der Waals surface area (Å²) in [6.07, 6.45) is 0. The van der Waals surface area contributed by atoms with Crippen molar-refractivity contribution in [1.82, 2.24) is 0 Å². The second-order valence-corrected chi connectivity index (χ2v) is 12.9. The first-order valence-corrected chi connectivity index (χ1v) is 17.3. The third kappa shape index (κ3) is 4.95. The van der Waals surface area contributed by atoms with Gasteiger partial charge in [0.1, 0.15) is 0 Å². The fourth-order valence-corrected chi connectivity index (χ4v) is 7.89. The van der Waals surface area contributed by atoms with Crippen molar-refractivity contribution < 1.29 is 0 Å². The number of nitrogens with zero attached hydrogens (tertiary/aromatic N) is 1. The highest BCUT2D eigenvalue weighted by Gasteiger charge is 2.45. The number of benzene rings is 8. The van der Waals surface area contributed by atoms with Gasteiger partial charge >= 0.3 is 0 Å². The predicted octanol–water partition coefficient (Wildman–Crippen LogP) is 12.9. The molecule has 0 heterocycles. The van der Waals surface area contributed by atoms with Crippen molar-refractivity contribution in [3.8, 4) is 33.4 Å². The highest BCUT2D eigenvalue weighted by Crippen LogP contribution is 2.56. The van der Waals surface area contributed by atoms with Crippen molar-refractivity contribution in [3.63, 3.8) is 0 Å². The largest absolute Gasteiger partial charge is 0.311 e. The summed E-state index contributed by atoms with van der Waals surface area (Å²) in [7, 11) is 0. The van der Waals surface area contributed by atoms with Crippen molar-refractivity contribution in [2.45, 2.75) is 5.41 Å². The normalized spacial score (nSPS) is 12.6. The van der Waals surface area contributed by atoms with Crippen LogP contribution in [0.2, 0.25) is 0 Å². The highest BCUT2D eigenvalue weighted by atomic mass is 15.1. The van der Waals surface area contributed by atoms with Crippen molar-refractivity contribution in [2.75, 3.05) is 4.90 Å². The van der Waals surface area contributed by atoms with E-state index in [0.29, 0.717) is 0 Å². The fraction of sp³-hybridized carbons (Fsp3) is 0.0204. The molecule has 0 aliphatic heterocycles. The van der Waals surface area contributed by atoms with Crippen LogP contribution in [0.15, 0.2) is 212 Å². The van der Waals surface area contributed by atoms with Gasteiger partial charge in [-0.05, 0) is 92.0 Å². The van der Waals surface area contributed by atoms with Gasteiger partial charge in [0.15, 0.2) is 0 Å². The summed E-state index contributed by atoms with van der Waals surface area (Å²) in [6.45, 7) is 0. The summed E-state index contributed by atoms with van der Waals surface area (Å²) < 4.78 is 0. The number of hydrogen-bond acceptors (Lipinski definition) is 1. The maximum atomic E-state index is 2.35. The summed E-state index contributed by atoms with van der Waals surface area (Å²) >= 11 is 0. The molecule has 1 aliphatic rings. The van der Waals surface area contributed by atoms with Crippen molar-refractivity contribution in [3.05, 3.63) is 235 Å². The van der Waals surface area contributed by atoms with Gasteiger partial charge in [0.2, 0.25) is 0 Å². The van der Waals surface area contributed by atoms with Crippen molar-refractivity contribution in [2.24, 2.45) is 0 Å². The minimum absolute atomic E-state index is 0.414. The molecular weight excluding hydrogens is 603 g/mol. The lowest BCUT2D eigenvalue weighted by Gasteiger charge is -2.34. The Bertz CT molecular complexity index is 2330. The van der Waals surface area contributed by atoms with E-state index in [1.807, 2.05) is 0 Å². The molecule has 0 saturated heterocycles. The number of anilines is 3. The number of para-hydroxylation sites is 1. The predicted molar refractivity (Wildman–Crippen MR) is 209 cm³/mol. The molecule has 9 rings (SSSR count). The van der Waals surface area contributed by atoms with Gasteiger partial charge < -0.3 is 4.90 Å². The number of fused-ring (bicyclic) bond motifs is 3. The van der Waals surface area contributed by atoms with Crippen molar-refractivity contribution >= 4 is 17.1 Å². The molecule has 0 unspecified atom stereocenters. The van der Waals surface area contributed by atoms with Crippen LogP contribution in [0.4, 0.5) is 17.1 Å². The molecule has 1 heteroatoms. The minimum atomic E-state index is -0.414. The van der Waals surface area contributed by atoms with Gasteiger partial charge in [0.25, 0.3) is 0 Å². The highest BCUT2D eigenvalue weighted by molar-refractivity contribution is 5.87. The molecule has 50 heavy (non-hydrogen) atoms. The molecule has 236 valence electrons. The van der Waals surface area contributed by atoms with Crippen LogP contribution in [-0.4, -0.2) is 0 Å². The molecule has 0 N–H and O–H groups in total. The Morgan fingerprint density at radius 1 is 0.260 bits per heavy atom. The van der Waals surface area contributed by atoms with Crippen LogP contribution in [0.5, 0.6) is 0 Å². The van der Waals surface area contributed by atoms with E-state index >= 15 is 0 Å². The number of hydrogen-bond donors (Lipinski definition) is 0. The van der Waals surface area contributed by atoms with Gasteiger partial charge in [-0.2, -0.15) is 0 Å². The average Bonchev–Trinajstić information content (AvgIpc) is 3.51. The summed E-state index contributed by atoms with van der Waals surface area (Å²) in [5.74, 6) is 0. The molecule has 0 saturated carbocycles. The Hall–Kier alpha value is -6.44. The first-order valence-electron chi connectivity index (χ1n) is 17.3. The second-order valence-electron chi connectivity index (χ2n) is 12.9. The van der Waals surface area contributed by atoms with E-state index in [2.05, 4.69) is 217 Å². The second kappa shape index (κ2) is 12.5. The molecule has 0 fully saturated rings. The smallest absolute Gasteiger partial charge is 0.0713 e. The SMILES string of the molecule is c1ccc(-c2ccc(-c3ccc(N(c4ccccc4)c4ccc(C5(c6ccccc6)c6ccccc6-c6ccccc65)cc4)cc3)cc2)cc1. The van der Waals surface area contributed by atoms with E-state index in [-0.39, 0.29) is 0 Å². The van der Waals surface area contributed by atoms with Gasteiger partial charge in [0, 0.05) is 17.1 Å². The number of rotatable bonds is 7. The van der Waals surface area contributed by atoms with Crippen LogP contribution < -0.4 is 4.90 Å². The Balaban J connectivity index is 1.12. The van der Waals surface area contributed by atoms with Gasteiger partial charge in [-0.25, -0.2) is 0 Å². The molecule has 1 aliphatic carbocycles. The zero-order valence-corrected chi connectivity index (χ0v) is 27.7. The van der Waals surface area contributed by atoms with Gasteiger partial charge in [0.05, 0.1) is 5.41 Å². The lowest BCUT2D eigenvalue weighted by atomic mass is 9.68. The van der Waals surface area contributed by atoms with Gasteiger partial charge in [-0.3, -0.25) is 0 Å². The van der Waals surface area contributed by atoms with E-state index in [9.17, 15) is 0 Å². The Morgan fingerprint density at radius 2 is 0.600 bits per heavy atom. The monoisotopic (exact) mass is 637 g/mol. The molecule has 0 atom stereocenters. The molecular formula is C49H35N. The molecule has 1 nitrogen and oxygen atoms in total. The topological polar surface area (TPSA) is 3.24 Å². The standard InChI is InChI=1S/C49H35N/c1-4-14-36(15-5-1)37-24-26-38(27-25-37)39-28-32-43(33-29-39)50(42-18-8-3-9-19-42)44-34-30-41(31-35-44)49(40-16-6-2-7-17-40)47-22-12-10-20-45(47)46-21-11-13-23-48(46)49/h1-35H. The lowest BCUT2D eigenvalue weighted by molar-refractivity contribution is 0.768. The van der Waals surface area contributed by atoms with E-state index in [4.69, 9.17) is 0 Å². The first kappa shape index (κ1) is 29.7. The third-order valence-electron chi connectivity index (χ3n) is 10.2. The maximum absolute atomic E-state index is 2.35. The molecule has 0 bridgehead atoms. The van der Waals surface area contributed by atoms with Crippen LogP contribution in [-0.2, 0) is 5.41 Å². The molecule has 8 aromatic carbocycles. The first-order chi connectivity index (χ1) is 24.8. The van der Waals surface area contributed by atoms with E-state index in [0.717, 1.165) is 17.1 Å². The van der Waals surface area contributed by atoms with E-state index in [1.165, 1.54) is 55.6 Å². The molecule has 0 aromatic heterocycles. The van der Waals surface area contributed by atoms with Crippen LogP contribution in [0.3, 0.4) is 0 Å². The summed E-state index contributed by atoms with van der Waals surface area (Å²) in [5.41, 5.74) is 15.6. The quantitative estimate of drug-likeness (QED) is 0.168. The van der Waals surface area contributed by atoms with Crippen molar-refractivity contribution in [1.29, 1.82) is 0 Å². The maximum Gasteiger partial charge on any atom is 0.0713 e. The van der Waals surface area contributed by atoms with Gasteiger partial charge in [-0.1, -0.05) is 176 Å². The van der Waals surface area contributed by atoms with Gasteiger partial charge in [-0.15, -0.1) is 0 Å². The average molecular weight is 638 g/mol. The van der Waals surface area contributed by atoms with Crippen LogP contribution in [0, 0.1) is 0 Å². The molecule has 0 amide bonds. The molecule has 8 aromatic rings. The summed E-state index contributed by atoms with van der Waals surface area (Å²) in [5, 5.41) is 0.